The summed E-state index contributed by atoms with van der Waals surface area (Å²) in [6.45, 7) is 14.5. The molecule has 0 radical (unpaired) electrons. The van der Waals surface area contributed by atoms with Gasteiger partial charge in [0.25, 0.3) is 11.8 Å². The molecule has 1 saturated heterocycles. The molecular formula is C63H72F6N10O13. The van der Waals surface area contributed by atoms with Crippen LogP contribution >= 0.6 is 0 Å². The molecule has 14 N–H and O–H groups in total. The number of nitrogens with one attached hydrogen (secondary N) is 5. The van der Waals surface area contributed by atoms with Crippen molar-refractivity contribution in [3.05, 3.63) is 142 Å². The van der Waals surface area contributed by atoms with Crippen LogP contribution in [0.1, 0.15) is 103 Å². The van der Waals surface area contributed by atoms with E-state index in [0.717, 1.165) is 39.2 Å². The average molecular weight is 1290 g/mol. The summed E-state index contributed by atoms with van der Waals surface area (Å²) in [6, 6.07) is 26.8. The minimum Gasteiger partial charge on any atom is -0.490 e. The molecule has 0 saturated carbocycles. The topological polar surface area (TPSA) is 364 Å². The lowest BCUT2D eigenvalue weighted by Gasteiger charge is -2.20. The Bertz CT molecular complexity index is 3710. The fraction of sp³-hybridized carbons (Fsp3) is 0.333. The molecule has 4 amide bonds. The van der Waals surface area contributed by atoms with Gasteiger partial charge in [-0.1, -0.05) is 68.4 Å². The van der Waals surface area contributed by atoms with Gasteiger partial charge in [0.05, 0.1) is 72.1 Å². The minimum absolute atomic E-state index is 0.147. The Morgan fingerprint density at radius 2 is 0.989 bits per heavy atom. The lowest BCUT2D eigenvalue weighted by Crippen LogP contribution is -2.40. The van der Waals surface area contributed by atoms with Gasteiger partial charge in [-0.05, 0) is 99.0 Å². The number of hydrogen-bond donors (Lipinski definition) is 11. The second-order valence-corrected chi connectivity index (χ2v) is 19.8. The Labute approximate surface area is 524 Å². The molecule has 92 heavy (non-hydrogen) atoms. The summed E-state index contributed by atoms with van der Waals surface area (Å²) >= 11 is 0. The number of aliphatic hydroxyl groups excluding tert-OH is 1. The normalized spacial score (nSPS) is 13.7. The number of hydrogen-bond acceptors (Lipinski definition) is 17. The zero-order valence-electron chi connectivity index (χ0n) is 50.9. The lowest BCUT2D eigenvalue weighted by atomic mass is 10.0. The summed E-state index contributed by atoms with van der Waals surface area (Å²) in [4.78, 5) is 76.9. The van der Waals surface area contributed by atoms with Crippen molar-refractivity contribution in [2.45, 2.75) is 104 Å². The number of fused-ring (bicyclic) bond motifs is 2. The Balaban J connectivity index is 0.000000276. The number of amides is 4. The molecule has 1 aliphatic rings. The van der Waals surface area contributed by atoms with Gasteiger partial charge in [-0.25, -0.2) is 9.59 Å². The first-order valence-corrected chi connectivity index (χ1v) is 28.8. The summed E-state index contributed by atoms with van der Waals surface area (Å²) in [5, 5.41) is 41.1. The van der Waals surface area contributed by atoms with E-state index >= 15 is 0 Å². The molecular weight excluding hydrogens is 1220 g/mol. The van der Waals surface area contributed by atoms with Gasteiger partial charge in [-0.3, -0.25) is 29.1 Å². The van der Waals surface area contributed by atoms with Gasteiger partial charge >= 0.3 is 24.3 Å². The van der Waals surface area contributed by atoms with E-state index in [2.05, 4.69) is 36.6 Å². The van der Waals surface area contributed by atoms with Crippen LogP contribution in [0.3, 0.4) is 0 Å². The summed E-state index contributed by atoms with van der Waals surface area (Å²) in [5.74, 6) is -4.91. The van der Waals surface area contributed by atoms with Crippen molar-refractivity contribution in [2.75, 3.05) is 43.6 Å². The summed E-state index contributed by atoms with van der Waals surface area (Å²) < 4.78 is 86.6. The first kappa shape index (κ1) is 72.7. The number of ether oxygens (including phenoxy) is 4. The third-order valence-corrected chi connectivity index (χ3v) is 13.6. The maximum absolute atomic E-state index is 12.8. The van der Waals surface area contributed by atoms with Crippen LogP contribution in [-0.2, 0) is 45.1 Å². The number of rotatable bonds is 23. The lowest BCUT2D eigenvalue weighted by molar-refractivity contribution is -0.193. The highest BCUT2D eigenvalue weighted by Crippen LogP contribution is 2.40. The Kier molecular flexibility index (Phi) is 26.7. The number of β-amino-alcohol motifs (C(OH)–C–C–N with tert-alkyl or cyclic N) is 1. The highest BCUT2D eigenvalue weighted by atomic mass is 19.4. The van der Waals surface area contributed by atoms with Gasteiger partial charge in [-0.2, -0.15) is 26.3 Å². The van der Waals surface area contributed by atoms with Crippen molar-refractivity contribution < 1.29 is 89.4 Å². The van der Waals surface area contributed by atoms with E-state index in [-0.39, 0.29) is 22.9 Å². The van der Waals surface area contributed by atoms with Crippen LogP contribution in [-0.4, -0.2) is 118 Å². The quantitative estimate of drug-likeness (QED) is 0.0266. The number of alkyl halides is 6. The number of carboxylic acids is 2. The highest BCUT2D eigenvalue weighted by Gasteiger charge is 2.39. The number of aliphatic carboxylic acids is 2. The molecule has 0 spiro atoms. The van der Waals surface area contributed by atoms with Gasteiger partial charge in [0.1, 0.15) is 6.04 Å². The first-order chi connectivity index (χ1) is 43.6. The minimum atomic E-state index is -5.08. The number of benzene rings is 5. The zero-order valence-corrected chi connectivity index (χ0v) is 50.9. The second kappa shape index (κ2) is 33.7. The molecule has 3 atom stereocenters. The first-order valence-electron chi connectivity index (χ1n) is 28.8. The van der Waals surface area contributed by atoms with Crippen LogP contribution in [0, 0.1) is 0 Å². The largest absolute Gasteiger partial charge is 0.490 e. The number of nitrogens with zero attached hydrogens (tertiary/aromatic N) is 2. The van der Waals surface area contributed by atoms with Crippen molar-refractivity contribution >= 4 is 80.1 Å². The standard InChI is InChI=1S/C31H35N5O4.C28H35N5O5.2C2HF3O2/c1-4-21-20(17-35-31(38)28(32)19-11-8-7-9-12-19)13-10-14-24(21)36-29-22-15-26(39-5-2)27(40-6-3)16-25(22)34-18-23(29)30(33)37;1-4-18-16(13-32-28(36)23-10-17(34)14-30-23)8-7-9-21(18)33-26-19-11-24(37-5-2)25(38-6-3)12-22(19)31-15-20(26)27(29)35;2*3-2(4,5)1(6)7/h7-16,18,28H,4-6,17,32H2,1-3H3,(H2,33,37)(H,34,36)(H,35,38);7-9,11-12,15,17,23,30,34H,4-6,10,13-14H2,1-3H3,(H2,29,35)(H,31,33)(H,32,36);2*(H,6,7)/t28-;17-,23-;;/m11../s1. The fourth-order valence-electron chi connectivity index (χ4n) is 9.38. The van der Waals surface area contributed by atoms with Crippen molar-refractivity contribution in [1.82, 2.24) is 25.9 Å². The van der Waals surface area contributed by atoms with E-state index in [1.165, 1.54) is 12.4 Å². The van der Waals surface area contributed by atoms with Crippen molar-refractivity contribution in [3.63, 3.8) is 0 Å². The summed E-state index contributed by atoms with van der Waals surface area (Å²) in [7, 11) is 0. The van der Waals surface area contributed by atoms with E-state index in [1.807, 2.05) is 120 Å². The van der Waals surface area contributed by atoms with Gasteiger partial charge in [-0.15, -0.1) is 0 Å². The van der Waals surface area contributed by atoms with Crippen LogP contribution < -0.4 is 62.7 Å². The average Bonchev–Trinajstić information content (AvgIpc) is 0.841. The molecule has 29 heteroatoms. The number of aromatic nitrogens is 2. The summed E-state index contributed by atoms with van der Waals surface area (Å²) in [6.07, 6.45) is -6.00. The third-order valence-electron chi connectivity index (χ3n) is 13.6. The number of carboxylic acid groups (broad SMARTS) is 2. The SMILES string of the molecule is CCOc1cc2ncc(C(N)=O)c(Nc3cccc(CNC(=O)[C@H](N)c4ccccc4)c3CC)c2cc1OCC.CCOc1cc2ncc(C(N)=O)c(Nc3cccc(CNC(=O)[C@H]4C[C@@H](O)CN4)c3CC)c2cc1OCC.O=C(O)C(F)(F)F.O=C(O)C(F)(F)F. The van der Waals surface area contributed by atoms with E-state index in [0.29, 0.717) is 122 Å². The number of nitrogens with two attached hydrogens (primary N) is 3. The number of halogens is 6. The fourth-order valence-corrected chi connectivity index (χ4v) is 9.38. The number of aliphatic hydroxyl groups is 1. The molecule has 5 aromatic carbocycles. The molecule has 494 valence electrons. The zero-order chi connectivity index (χ0) is 68.0. The Hall–Kier alpha value is -10.0. The highest BCUT2D eigenvalue weighted by molar-refractivity contribution is 6.09. The number of carbonyl (C=O) groups is 6. The molecule has 0 bridgehead atoms. The van der Waals surface area contributed by atoms with E-state index in [9.17, 15) is 50.6 Å². The van der Waals surface area contributed by atoms with Gasteiger partial charge in [0.15, 0.2) is 23.0 Å². The van der Waals surface area contributed by atoms with Gasteiger partial charge < -0.3 is 78.1 Å². The van der Waals surface area contributed by atoms with Crippen LogP contribution in [0.15, 0.2) is 103 Å². The molecule has 2 aromatic heterocycles. The van der Waals surface area contributed by atoms with E-state index in [4.69, 9.17) is 56.0 Å². The Morgan fingerprint density at radius 3 is 1.34 bits per heavy atom. The monoisotopic (exact) mass is 1290 g/mol. The molecule has 0 aliphatic carbocycles. The molecule has 1 aliphatic heterocycles. The Morgan fingerprint density at radius 1 is 0.598 bits per heavy atom. The van der Waals surface area contributed by atoms with Crippen molar-refractivity contribution in [2.24, 2.45) is 17.2 Å². The number of pyridine rings is 2. The molecule has 8 rings (SSSR count). The smallest absolute Gasteiger partial charge is 0.490 e. The van der Waals surface area contributed by atoms with Gasteiger partial charge in [0, 0.05) is 66.3 Å². The van der Waals surface area contributed by atoms with Crippen LogP contribution in [0.5, 0.6) is 23.0 Å². The van der Waals surface area contributed by atoms with E-state index in [1.54, 1.807) is 12.1 Å². The van der Waals surface area contributed by atoms with Crippen molar-refractivity contribution in [1.29, 1.82) is 0 Å². The number of carbonyl (C=O) groups excluding carboxylic acids is 4. The van der Waals surface area contributed by atoms with Crippen molar-refractivity contribution in [3.8, 4) is 23.0 Å². The van der Waals surface area contributed by atoms with Gasteiger partial charge in [0.2, 0.25) is 11.8 Å². The maximum Gasteiger partial charge on any atom is 0.490 e. The molecule has 7 aromatic rings. The third kappa shape index (κ3) is 19.7. The maximum atomic E-state index is 12.8. The molecule has 3 heterocycles. The molecule has 0 unspecified atom stereocenters. The summed E-state index contributed by atoms with van der Waals surface area (Å²) in [5.41, 5.74) is 26.6. The second-order valence-electron chi connectivity index (χ2n) is 19.8. The predicted octanol–water partition coefficient (Wildman–Crippen LogP) is 8.80. The number of anilines is 4. The van der Waals surface area contributed by atoms with Crippen LogP contribution in [0.2, 0.25) is 0 Å². The predicted molar refractivity (Wildman–Crippen MR) is 330 cm³/mol. The van der Waals surface area contributed by atoms with E-state index < -0.39 is 54.3 Å². The van der Waals surface area contributed by atoms with Crippen LogP contribution in [0.25, 0.3) is 21.8 Å². The molecule has 1 fully saturated rings. The number of primary amides is 2. The molecule has 23 nitrogen and oxygen atoms in total. The van der Waals surface area contributed by atoms with Crippen LogP contribution in [0.4, 0.5) is 49.1 Å².